The van der Waals surface area contributed by atoms with E-state index in [-0.39, 0.29) is 6.10 Å². The number of benzene rings is 1. The maximum Gasteiger partial charge on any atom is 0.120 e. The van der Waals surface area contributed by atoms with Gasteiger partial charge in [0.05, 0.1) is 6.10 Å². The van der Waals surface area contributed by atoms with Gasteiger partial charge >= 0.3 is 0 Å². The van der Waals surface area contributed by atoms with E-state index >= 15 is 0 Å². The van der Waals surface area contributed by atoms with Crippen molar-refractivity contribution in [3.63, 3.8) is 0 Å². The van der Waals surface area contributed by atoms with Crippen LogP contribution in [0.4, 0.5) is 0 Å². The molecule has 0 aromatic heterocycles. The summed E-state index contributed by atoms with van der Waals surface area (Å²) in [7, 11) is 0. The summed E-state index contributed by atoms with van der Waals surface area (Å²) < 4.78 is 6.62. The Bertz CT molecular complexity index is 356. The molecule has 0 spiro atoms. The van der Waals surface area contributed by atoms with E-state index in [0.717, 1.165) is 29.6 Å². The van der Waals surface area contributed by atoms with E-state index in [1.54, 1.807) is 0 Å². The molecule has 19 heavy (non-hydrogen) atoms. The van der Waals surface area contributed by atoms with Crippen molar-refractivity contribution in [1.29, 1.82) is 0 Å². The SMILES string of the molecule is CCC(CC)C(O)CNCCOc1cccc(Br)c1. The largest absolute Gasteiger partial charge is 0.492 e. The topological polar surface area (TPSA) is 41.5 Å². The van der Waals surface area contributed by atoms with Crippen molar-refractivity contribution in [2.24, 2.45) is 5.92 Å². The number of hydrogen-bond donors (Lipinski definition) is 2. The molecule has 1 aromatic carbocycles. The average Bonchev–Trinajstić information content (AvgIpc) is 2.40. The van der Waals surface area contributed by atoms with Crippen LogP contribution in [0.3, 0.4) is 0 Å². The van der Waals surface area contributed by atoms with Crippen LogP contribution in [0.1, 0.15) is 26.7 Å². The second kappa shape index (κ2) is 9.34. The maximum atomic E-state index is 9.95. The molecule has 1 rings (SSSR count). The first-order chi connectivity index (χ1) is 9.17. The van der Waals surface area contributed by atoms with Crippen molar-refractivity contribution in [3.05, 3.63) is 28.7 Å². The lowest BCUT2D eigenvalue weighted by Crippen LogP contribution is -2.34. The number of halogens is 1. The Balaban J connectivity index is 2.14. The number of ether oxygens (including phenoxy) is 1. The predicted molar refractivity (Wildman–Crippen MR) is 82.6 cm³/mol. The highest BCUT2D eigenvalue weighted by molar-refractivity contribution is 9.10. The molecule has 1 atom stereocenters. The predicted octanol–water partition coefficient (Wildman–Crippen LogP) is 3.21. The van der Waals surface area contributed by atoms with Crippen molar-refractivity contribution >= 4 is 15.9 Å². The highest BCUT2D eigenvalue weighted by atomic mass is 79.9. The molecular weight excluding hydrogens is 306 g/mol. The minimum absolute atomic E-state index is 0.263. The number of rotatable bonds is 9. The third kappa shape index (κ3) is 6.41. The van der Waals surface area contributed by atoms with E-state index in [0.29, 0.717) is 19.1 Å². The molecule has 4 heteroatoms. The second-order valence-corrected chi connectivity index (χ2v) is 5.57. The summed E-state index contributed by atoms with van der Waals surface area (Å²) in [5.74, 6) is 1.25. The third-order valence-corrected chi connectivity index (χ3v) is 3.78. The van der Waals surface area contributed by atoms with Gasteiger partial charge in [0.2, 0.25) is 0 Å². The van der Waals surface area contributed by atoms with Crippen molar-refractivity contribution in [2.75, 3.05) is 19.7 Å². The fraction of sp³-hybridized carbons (Fsp3) is 0.600. The van der Waals surface area contributed by atoms with Gasteiger partial charge in [0.15, 0.2) is 0 Å². The molecule has 0 fully saturated rings. The van der Waals surface area contributed by atoms with Gasteiger partial charge in [-0.3, -0.25) is 0 Å². The van der Waals surface area contributed by atoms with Crippen LogP contribution in [0.2, 0.25) is 0 Å². The van der Waals surface area contributed by atoms with Gasteiger partial charge < -0.3 is 15.2 Å². The number of hydrogen-bond acceptors (Lipinski definition) is 3. The molecule has 0 heterocycles. The first kappa shape index (κ1) is 16.5. The van der Waals surface area contributed by atoms with E-state index < -0.39 is 0 Å². The number of nitrogens with one attached hydrogen (secondary N) is 1. The van der Waals surface area contributed by atoms with Gasteiger partial charge in [0, 0.05) is 17.6 Å². The van der Waals surface area contributed by atoms with Crippen LogP contribution in [-0.4, -0.2) is 30.9 Å². The van der Waals surface area contributed by atoms with E-state index in [1.807, 2.05) is 24.3 Å². The van der Waals surface area contributed by atoms with Gasteiger partial charge in [0.1, 0.15) is 12.4 Å². The standard InChI is InChI=1S/C15H24BrNO2/c1-3-12(4-2)15(18)11-17-8-9-19-14-7-5-6-13(16)10-14/h5-7,10,12,15,17-18H,3-4,8-9,11H2,1-2H3. The summed E-state index contributed by atoms with van der Waals surface area (Å²) in [5.41, 5.74) is 0. The lowest BCUT2D eigenvalue weighted by Gasteiger charge is -2.20. The fourth-order valence-electron chi connectivity index (χ4n) is 2.05. The van der Waals surface area contributed by atoms with Crippen LogP contribution in [0.5, 0.6) is 5.75 Å². The Morgan fingerprint density at radius 1 is 1.32 bits per heavy atom. The molecule has 1 unspecified atom stereocenters. The Kier molecular flexibility index (Phi) is 8.10. The molecule has 0 bridgehead atoms. The maximum absolute atomic E-state index is 9.95. The van der Waals surface area contributed by atoms with Gasteiger partial charge in [-0.2, -0.15) is 0 Å². The smallest absolute Gasteiger partial charge is 0.120 e. The van der Waals surface area contributed by atoms with Crippen molar-refractivity contribution in [2.45, 2.75) is 32.8 Å². The van der Waals surface area contributed by atoms with E-state index in [1.165, 1.54) is 0 Å². The molecule has 0 aliphatic rings. The number of aliphatic hydroxyl groups excluding tert-OH is 1. The molecule has 0 aliphatic carbocycles. The first-order valence-corrected chi connectivity index (χ1v) is 7.73. The second-order valence-electron chi connectivity index (χ2n) is 4.65. The summed E-state index contributed by atoms with van der Waals surface area (Å²) in [5, 5.41) is 13.2. The Morgan fingerprint density at radius 2 is 2.05 bits per heavy atom. The lowest BCUT2D eigenvalue weighted by atomic mass is 9.97. The average molecular weight is 330 g/mol. The number of aliphatic hydroxyl groups is 1. The van der Waals surface area contributed by atoms with Crippen LogP contribution in [0.15, 0.2) is 28.7 Å². The summed E-state index contributed by atoms with van der Waals surface area (Å²) in [6.07, 6.45) is 1.78. The lowest BCUT2D eigenvalue weighted by molar-refractivity contribution is 0.100. The summed E-state index contributed by atoms with van der Waals surface area (Å²) in [6, 6.07) is 7.80. The molecule has 3 nitrogen and oxygen atoms in total. The van der Waals surface area contributed by atoms with Crippen LogP contribution in [-0.2, 0) is 0 Å². The molecule has 1 aromatic rings. The third-order valence-electron chi connectivity index (χ3n) is 3.29. The summed E-state index contributed by atoms with van der Waals surface area (Å²) in [6.45, 7) is 6.21. The molecule has 0 amide bonds. The van der Waals surface area contributed by atoms with Gasteiger partial charge in [0.25, 0.3) is 0 Å². The molecule has 0 saturated carbocycles. The van der Waals surface area contributed by atoms with Gasteiger partial charge in [-0.25, -0.2) is 0 Å². The monoisotopic (exact) mass is 329 g/mol. The van der Waals surface area contributed by atoms with Gasteiger partial charge in [-0.1, -0.05) is 48.7 Å². The van der Waals surface area contributed by atoms with E-state index in [9.17, 15) is 5.11 Å². The molecule has 0 radical (unpaired) electrons. The Hall–Kier alpha value is -0.580. The van der Waals surface area contributed by atoms with Crippen LogP contribution in [0, 0.1) is 5.92 Å². The fourth-order valence-corrected chi connectivity index (χ4v) is 2.43. The highest BCUT2D eigenvalue weighted by Crippen LogP contribution is 2.17. The summed E-state index contributed by atoms with van der Waals surface area (Å²) >= 11 is 3.41. The summed E-state index contributed by atoms with van der Waals surface area (Å²) in [4.78, 5) is 0. The minimum Gasteiger partial charge on any atom is -0.492 e. The van der Waals surface area contributed by atoms with Crippen LogP contribution >= 0.6 is 15.9 Å². The quantitative estimate of drug-likeness (QED) is 0.683. The van der Waals surface area contributed by atoms with Crippen molar-refractivity contribution < 1.29 is 9.84 Å². The zero-order valence-electron chi connectivity index (χ0n) is 11.7. The normalized spacial score (nSPS) is 12.7. The van der Waals surface area contributed by atoms with E-state index in [2.05, 4.69) is 35.1 Å². The zero-order valence-corrected chi connectivity index (χ0v) is 13.3. The highest BCUT2D eigenvalue weighted by Gasteiger charge is 2.14. The zero-order chi connectivity index (χ0) is 14.1. The minimum atomic E-state index is -0.263. The molecule has 0 aliphatic heterocycles. The molecule has 108 valence electrons. The van der Waals surface area contributed by atoms with Crippen molar-refractivity contribution in [3.8, 4) is 5.75 Å². The molecule has 2 N–H and O–H groups in total. The van der Waals surface area contributed by atoms with Crippen LogP contribution < -0.4 is 10.1 Å². The van der Waals surface area contributed by atoms with E-state index in [4.69, 9.17) is 4.74 Å². The molecule has 0 saturated heterocycles. The van der Waals surface area contributed by atoms with Gasteiger partial charge in [-0.05, 0) is 24.1 Å². The van der Waals surface area contributed by atoms with Crippen molar-refractivity contribution in [1.82, 2.24) is 5.32 Å². The first-order valence-electron chi connectivity index (χ1n) is 6.94. The Morgan fingerprint density at radius 3 is 2.68 bits per heavy atom. The van der Waals surface area contributed by atoms with Crippen LogP contribution in [0.25, 0.3) is 0 Å². The molecular formula is C15H24BrNO2. The Labute approximate surface area is 124 Å². The van der Waals surface area contributed by atoms with Gasteiger partial charge in [-0.15, -0.1) is 0 Å².